The van der Waals surface area contributed by atoms with Gasteiger partial charge in [0, 0.05) is 20.0 Å². The molecule has 4 nitrogen and oxygen atoms in total. The second kappa shape index (κ2) is 6.73. The fraction of sp³-hybridized carbons (Fsp3) is 0.667. The van der Waals surface area contributed by atoms with Gasteiger partial charge in [-0.05, 0) is 69.7 Å². The highest BCUT2D eigenvalue weighted by molar-refractivity contribution is 5.74. The van der Waals surface area contributed by atoms with Crippen LogP contribution in [0.15, 0.2) is 24.3 Å². The minimum Gasteiger partial charge on any atom is -0.391 e. The summed E-state index contributed by atoms with van der Waals surface area (Å²) >= 11 is 0. The summed E-state index contributed by atoms with van der Waals surface area (Å²) in [6.45, 7) is 11.6. The predicted molar refractivity (Wildman–Crippen MR) is 100 cm³/mol. The molecule has 1 N–H and O–H groups in total. The highest BCUT2D eigenvalue weighted by Gasteiger charge is 2.50. The van der Waals surface area contributed by atoms with Crippen LogP contribution in [0.25, 0.3) is 0 Å². The van der Waals surface area contributed by atoms with Gasteiger partial charge in [-0.3, -0.25) is 9.69 Å². The van der Waals surface area contributed by atoms with Crippen LogP contribution >= 0.6 is 0 Å². The number of likely N-dealkylation sites (tertiary alicyclic amines) is 2. The lowest BCUT2D eigenvalue weighted by atomic mass is 9.67. The number of carbonyl (C=O) groups is 1. The van der Waals surface area contributed by atoms with E-state index in [-0.39, 0.29) is 11.3 Å². The molecule has 1 aromatic carbocycles. The predicted octanol–water partition coefficient (Wildman–Crippen LogP) is 2.97. The average Bonchev–Trinajstić information content (AvgIpc) is 2.55. The van der Waals surface area contributed by atoms with E-state index in [1.54, 1.807) is 6.92 Å². The van der Waals surface area contributed by atoms with Crippen LogP contribution in [0.1, 0.15) is 51.2 Å². The largest absolute Gasteiger partial charge is 0.391 e. The first-order valence-electron chi connectivity index (χ1n) is 9.47. The van der Waals surface area contributed by atoms with Crippen molar-refractivity contribution in [3.8, 4) is 0 Å². The average molecular weight is 344 g/mol. The number of rotatable bonds is 2. The van der Waals surface area contributed by atoms with Crippen LogP contribution in [-0.2, 0) is 11.3 Å². The molecule has 2 aliphatic heterocycles. The number of amides is 1. The Bertz CT molecular complexity index is 633. The summed E-state index contributed by atoms with van der Waals surface area (Å²) in [6, 6.07) is 8.58. The van der Waals surface area contributed by atoms with Crippen LogP contribution in [0.3, 0.4) is 0 Å². The number of benzene rings is 1. The molecular formula is C21H32N2O2. The van der Waals surface area contributed by atoms with Gasteiger partial charge >= 0.3 is 0 Å². The van der Waals surface area contributed by atoms with Gasteiger partial charge in [0.05, 0.1) is 11.6 Å². The summed E-state index contributed by atoms with van der Waals surface area (Å²) in [5.41, 5.74) is 2.35. The second-order valence-corrected chi connectivity index (χ2v) is 8.68. The van der Waals surface area contributed by atoms with Gasteiger partial charge in [0.15, 0.2) is 0 Å². The normalized spacial score (nSPS) is 26.0. The maximum atomic E-state index is 12.1. The lowest BCUT2D eigenvalue weighted by Gasteiger charge is -2.55. The first kappa shape index (κ1) is 18.4. The lowest BCUT2D eigenvalue weighted by molar-refractivity contribution is -0.157. The number of aliphatic hydroxyl groups excluding tert-OH is 1. The Labute approximate surface area is 151 Å². The molecular weight excluding hydrogens is 312 g/mol. The Kier molecular flexibility index (Phi) is 4.95. The summed E-state index contributed by atoms with van der Waals surface area (Å²) in [5, 5.41) is 10.7. The zero-order chi connectivity index (χ0) is 18.2. The summed E-state index contributed by atoms with van der Waals surface area (Å²) in [4.78, 5) is 16.5. The minimum absolute atomic E-state index is 0.0723. The molecule has 138 valence electrons. The fourth-order valence-electron chi connectivity index (χ4n) is 4.54. The van der Waals surface area contributed by atoms with Crippen LogP contribution in [-0.4, -0.2) is 52.1 Å². The van der Waals surface area contributed by atoms with E-state index in [1.807, 2.05) is 18.7 Å². The van der Waals surface area contributed by atoms with E-state index >= 15 is 0 Å². The molecule has 0 aromatic heterocycles. The van der Waals surface area contributed by atoms with Crippen molar-refractivity contribution < 1.29 is 9.90 Å². The minimum atomic E-state index is -0.463. The Morgan fingerprint density at radius 1 is 1.24 bits per heavy atom. The van der Waals surface area contributed by atoms with E-state index in [1.165, 1.54) is 11.1 Å². The number of carbonyl (C=O) groups excluding carboxylic acids is 1. The molecule has 0 aliphatic carbocycles. The standard InChI is InChI=1S/C21H32N2O2/c1-16-7-5-6-8-18(16)14-22-11-9-21(10-12-22)13-19(25)20(3,4)23(15-21)17(2)24/h5-8,19,25H,9-15H2,1-4H3/t19-/m0/s1. The second-order valence-electron chi connectivity index (χ2n) is 8.68. The Morgan fingerprint density at radius 3 is 2.48 bits per heavy atom. The van der Waals surface area contributed by atoms with Crippen LogP contribution in [0.2, 0.25) is 0 Å². The molecule has 1 spiro atoms. The maximum Gasteiger partial charge on any atom is 0.219 e. The Hall–Kier alpha value is -1.39. The van der Waals surface area contributed by atoms with Gasteiger partial charge in [-0.25, -0.2) is 0 Å². The highest BCUT2D eigenvalue weighted by atomic mass is 16.3. The number of hydrogen-bond acceptors (Lipinski definition) is 3. The highest BCUT2D eigenvalue weighted by Crippen LogP contribution is 2.45. The number of aliphatic hydroxyl groups is 1. The molecule has 1 atom stereocenters. The molecule has 0 radical (unpaired) electrons. The molecule has 1 aromatic rings. The van der Waals surface area contributed by atoms with Crippen molar-refractivity contribution >= 4 is 5.91 Å². The molecule has 1 amide bonds. The van der Waals surface area contributed by atoms with Crippen molar-refractivity contribution in [1.29, 1.82) is 0 Å². The molecule has 0 bridgehead atoms. The number of aryl methyl sites for hydroxylation is 1. The molecule has 2 aliphatic rings. The Morgan fingerprint density at radius 2 is 1.88 bits per heavy atom. The summed E-state index contributed by atoms with van der Waals surface area (Å²) < 4.78 is 0. The van der Waals surface area contributed by atoms with Crippen molar-refractivity contribution in [2.24, 2.45) is 5.41 Å². The van der Waals surface area contributed by atoms with Crippen LogP contribution in [0, 0.1) is 12.3 Å². The molecule has 2 fully saturated rings. The van der Waals surface area contributed by atoms with Gasteiger partial charge in [0.1, 0.15) is 0 Å². The van der Waals surface area contributed by atoms with E-state index in [0.717, 1.165) is 45.4 Å². The lowest BCUT2D eigenvalue weighted by Crippen LogP contribution is -2.64. The number of nitrogens with zero attached hydrogens (tertiary/aromatic N) is 2. The SMILES string of the molecule is CC(=O)N1CC2(CCN(Cc3ccccc3C)CC2)C[C@H](O)C1(C)C. The summed E-state index contributed by atoms with van der Waals surface area (Å²) in [5.74, 6) is 0.0745. The third-order valence-corrected chi connectivity index (χ3v) is 6.58. The van der Waals surface area contributed by atoms with Crippen LogP contribution in [0.5, 0.6) is 0 Å². The first-order chi connectivity index (χ1) is 11.7. The zero-order valence-electron chi connectivity index (χ0n) is 16.1. The van der Waals surface area contributed by atoms with Gasteiger partial charge in [-0.1, -0.05) is 24.3 Å². The third-order valence-electron chi connectivity index (χ3n) is 6.58. The van der Waals surface area contributed by atoms with E-state index in [4.69, 9.17) is 0 Å². The van der Waals surface area contributed by atoms with E-state index in [0.29, 0.717) is 0 Å². The molecule has 25 heavy (non-hydrogen) atoms. The van der Waals surface area contributed by atoms with Crippen molar-refractivity contribution in [1.82, 2.24) is 9.80 Å². The van der Waals surface area contributed by atoms with Crippen LogP contribution in [0.4, 0.5) is 0 Å². The van der Waals surface area contributed by atoms with Crippen molar-refractivity contribution in [2.45, 2.75) is 65.1 Å². The number of piperidine rings is 2. The maximum absolute atomic E-state index is 12.1. The molecule has 2 heterocycles. The first-order valence-corrected chi connectivity index (χ1v) is 9.47. The fourth-order valence-corrected chi connectivity index (χ4v) is 4.54. The van der Waals surface area contributed by atoms with Gasteiger partial charge in [-0.15, -0.1) is 0 Å². The van der Waals surface area contributed by atoms with E-state index in [2.05, 4.69) is 36.1 Å². The van der Waals surface area contributed by atoms with Gasteiger partial charge in [0.2, 0.25) is 5.91 Å². The van der Waals surface area contributed by atoms with Crippen molar-refractivity contribution in [2.75, 3.05) is 19.6 Å². The van der Waals surface area contributed by atoms with Gasteiger partial charge < -0.3 is 10.0 Å². The topological polar surface area (TPSA) is 43.8 Å². The Balaban J connectivity index is 1.67. The molecule has 4 heteroatoms. The summed E-state index contributed by atoms with van der Waals surface area (Å²) in [6.07, 6.45) is 2.46. The smallest absolute Gasteiger partial charge is 0.219 e. The molecule has 0 unspecified atom stereocenters. The van der Waals surface area contributed by atoms with Gasteiger partial charge in [0.25, 0.3) is 0 Å². The van der Waals surface area contributed by atoms with Crippen molar-refractivity contribution in [3.05, 3.63) is 35.4 Å². The van der Waals surface area contributed by atoms with E-state index in [9.17, 15) is 9.90 Å². The van der Waals surface area contributed by atoms with Crippen LogP contribution < -0.4 is 0 Å². The zero-order valence-corrected chi connectivity index (χ0v) is 16.1. The summed E-state index contributed by atoms with van der Waals surface area (Å²) in [7, 11) is 0. The molecule has 2 saturated heterocycles. The quantitative estimate of drug-likeness (QED) is 0.897. The van der Waals surface area contributed by atoms with Gasteiger partial charge in [-0.2, -0.15) is 0 Å². The molecule has 0 saturated carbocycles. The monoisotopic (exact) mass is 344 g/mol. The third kappa shape index (κ3) is 3.61. The van der Waals surface area contributed by atoms with Crippen molar-refractivity contribution in [3.63, 3.8) is 0 Å². The molecule has 3 rings (SSSR count). The number of hydrogen-bond donors (Lipinski definition) is 1. The van der Waals surface area contributed by atoms with E-state index < -0.39 is 11.6 Å².